The molecule has 126 valence electrons. The van der Waals surface area contributed by atoms with Crippen molar-refractivity contribution in [2.75, 3.05) is 6.54 Å². The van der Waals surface area contributed by atoms with Crippen LogP contribution in [0.1, 0.15) is 30.5 Å². The number of aromatic nitrogens is 1. The van der Waals surface area contributed by atoms with Crippen molar-refractivity contribution in [2.24, 2.45) is 0 Å². The topological polar surface area (TPSA) is 82.2 Å². The van der Waals surface area contributed by atoms with Gasteiger partial charge in [0.2, 0.25) is 5.91 Å². The zero-order chi connectivity index (χ0) is 17.4. The SMILES string of the molecule is C=Cc1cc(CCNC(=O)CCCC(=O)O)[nH]c1-c1ccccc1. The molecule has 0 spiro atoms. The maximum absolute atomic E-state index is 11.6. The van der Waals surface area contributed by atoms with E-state index in [1.54, 1.807) is 0 Å². The summed E-state index contributed by atoms with van der Waals surface area (Å²) >= 11 is 0. The van der Waals surface area contributed by atoms with Crippen molar-refractivity contribution in [3.05, 3.63) is 54.2 Å². The van der Waals surface area contributed by atoms with Gasteiger partial charge in [0, 0.05) is 31.5 Å². The van der Waals surface area contributed by atoms with Crippen molar-refractivity contribution in [3.8, 4) is 11.3 Å². The third-order valence-corrected chi connectivity index (χ3v) is 3.70. The standard InChI is InChI=1S/C19H22N2O3/c1-2-14-13-16(21-19(14)15-7-4-3-5-8-15)11-12-20-17(22)9-6-10-18(23)24/h2-5,7-8,13,21H,1,6,9-12H2,(H,20,22)(H,23,24). The van der Waals surface area contributed by atoms with Crippen LogP contribution >= 0.6 is 0 Å². The molecule has 0 aliphatic rings. The minimum atomic E-state index is -0.875. The molecule has 0 aliphatic carbocycles. The van der Waals surface area contributed by atoms with Crippen LogP contribution in [-0.4, -0.2) is 28.5 Å². The number of benzene rings is 1. The molecular formula is C19H22N2O3. The van der Waals surface area contributed by atoms with Crippen molar-refractivity contribution >= 4 is 18.0 Å². The molecule has 1 heterocycles. The molecule has 24 heavy (non-hydrogen) atoms. The van der Waals surface area contributed by atoms with E-state index in [2.05, 4.69) is 16.9 Å². The van der Waals surface area contributed by atoms with E-state index in [1.807, 2.05) is 42.5 Å². The predicted octanol–water partition coefficient (Wildman–Crippen LogP) is 3.24. The minimum absolute atomic E-state index is 0.0210. The van der Waals surface area contributed by atoms with Crippen LogP contribution < -0.4 is 5.32 Å². The van der Waals surface area contributed by atoms with Gasteiger partial charge in [0.25, 0.3) is 0 Å². The molecule has 0 saturated heterocycles. The van der Waals surface area contributed by atoms with E-state index in [0.29, 0.717) is 19.4 Å². The first-order valence-corrected chi connectivity index (χ1v) is 7.98. The lowest BCUT2D eigenvalue weighted by Gasteiger charge is -2.04. The molecule has 2 aromatic rings. The molecule has 0 fully saturated rings. The highest BCUT2D eigenvalue weighted by Gasteiger charge is 2.08. The van der Waals surface area contributed by atoms with E-state index in [1.165, 1.54) is 0 Å². The average Bonchev–Trinajstić information content (AvgIpc) is 2.98. The van der Waals surface area contributed by atoms with Crippen molar-refractivity contribution in [1.82, 2.24) is 10.3 Å². The lowest BCUT2D eigenvalue weighted by molar-refractivity contribution is -0.137. The Kier molecular flexibility index (Phi) is 6.37. The molecule has 0 saturated carbocycles. The lowest BCUT2D eigenvalue weighted by Crippen LogP contribution is -2.25. The lowest BCUT2D eigenvalue weighted by atomic mass is 10.1. The first-order chi connectivity index (χ1) is 11.6. The summed E-state index contributed by atoms with van der Waals surface area (Å²) in [5, 5.41) is 11.4. The second-order valence-electron chi connectivity index (χ2n) is 5.54. The van der Waals surface area contributed by atoms with E-state index in [0.717, 1.165) is 22.5 Å². The molecule has 5 nitrogen and oxygen atoms in total. The number of carbonyl (C=O) groups is 2. The number of aromatic amines is 1. The third kappa shape index (κ3) is 5.12. The first kappa shape index (κ1) is 17.5. The molecule has 0 atom stereocenters. The van der Waals surface area contributed by atoms with Crippen molar-refractivity contribution in [2.45, 2.75) is 25.7 Å². The van der Waals surface area contributed by atoms with Crippen LogP contribution in [0.5, 0.6) is 0 Å². The molecule has 0 bridgehead atoms. The van der Waals surface area contributed by atoms with Gasteiger partial charge in [-0.2, -0.15) is 0 Å². The van der Waals surface area contributed by atoms with E-state index < -0.39 is 5.97 Å². The highest BCUT2D eigenvalue weighted by atomic mass is 16.4. The molecule has 1 aromatic carbocycles. The molecule has 5 heteroatoms. The van der Waals surface area contributed by atoms with Crippen molar-refractivity contribution < 1.29 is 14.7 Å². The molecule has 1 aromatic heterocycles. The monoisotopic (exact) mass is 326 g/mol. The van der Waals surface area contributed by atoms with E-state index in [9.17, 15) is 9.59 Å². The van der Waals surface area contributed by atoms with Crippen LogP contribution in [0.2, 0.25) is 0 Å². The Labute approximate surface area is 141 Å². The molecule has 2 rings (SSSR count). The fraction of sp³-hybridized carbons (Fsp3) is 0.263. The Morgan fingerprint density at radius 2 is 1.96 bits per heavy atom. The van der Waals surface area contributed by atoms with E-state index >= 15 is 0 Å². The Balaban J connectivity index is 1.87. The number of carboxylic acids is 1. The summed E-state index contributed by atoms with van der Waals surface area (Å²) in [6.07, 6.45) is 3.12. The van der Waals surface area contributed by atoms with Gasteiger partial charge in [0.1, 0.15) is 0 Å². The summed E-state index contributed by atoms with van der Waals surface area (Å²) in [7, 11) is 0. The van der Waals surface area contributed by atoms with Crippen LogP contribution in [0.25, 0.3) is 17.3 Å². The fourth-order valence-corrected chi connectivity index (χ4v) is 2.49. The van der Waals surface area contributed by atoms with Crippen molar-refractivity contribution in [1.29, 1.82) is 0 Å². The number of hydrogen-bond donors (Lipinski definition) is 3. The summed E-state index contributed by atoms with van der Waals surface area (Å²) in [5.41, 5.74) is 4.17. The van der Waals surface area contributed by atoms with Gasteiger partial charge in [-0.3, -0.25) is 9.59 Å². The third-order valence-electron chi connectivity index (χ3n) is 3.70. The summed E-state index contributed by atoms with van der Waals surface area (Å²) in [4.78, 5) is 25.4. The van der Waals surface area contributed by atoms with Gasteiger partial charge in [0.15, 0.2) is 0 Å². The minimum Gasteiger partial charge on any atom is -0.481 e. The van der Waals surface area contributed by atoms with Crippen LogP contribution in [0, 0.1) is 0 Å². The second kappa shape index (κ2) is 8.72. The Morgan fingerprint density at radius 1 is 1.21 bits per heavy atom. The average molecular weight is 326 g/mol. The van der Waals surface area contributed by atoms with Crippen LogP contribution in [0.4, 0.5) is 0 Å². The predicted molar refractivity (Wildman–Crippen MR) is 94.5 cm³/mol. The number of rotatable bonds is 9. The zero-order valence-corrected chi connectivity index (χ0v) is 13.5. The van der Waals surface area contributed by atoms with Crippen molar-refractivity contribution in [3.63, 3.8) is 0 Å². The Morgan fingerprint density at radius 3 is 2.62 bits per heavy atom. The maximum Gasteiger partial charge on any atom is 0.303 e. The van der Waals surface area contributed by atoms with Gasteiger partial charge in [0.05, 0.1) is 5.69 Å². The summed E-state index contributed by atoms with van der Waals surface area (Å²) in [6, 6.07) is 12.0. The number of hydrogen-bond acceptors (Lipinski definition) is 2. The quantitative estimate of drug-likeness (QED) is 0.661. The van der Waals surface area contributed by atoms with Gasteiger partial charge in [-0.05, 0) is 23.6 Å². The van der Waals surface area contributed by atoms with Gasteiger partial charge >= 0.3 is 5.97 Å². The summed E-state index contributed by atoms with van der Waals surface area (Å²) in [6.45, 7) is 4.36. The molecule has 0 radical (unpaired) electrons. The summed E-state index contributed by atoms with van der Waals surface area (Å²) in [5.74, 6) is -0.991. The number of nitrogens with one attached hydrogen (secondary N) is 2. The normalized spacial score (nSPS) is 10.3. The van der Waals surface area contributed by atoms with Gasteiger partial charge in [-0.15, -0.1) is 0 Å². The molecular weight excluding hydrogens is 304 g/mol. The second-order valence-corrected chi connectivity index (χ2v) is 5.54. The Hall–Kier alpha value is -2.82. The smallest absolute Gasteiger partial charge is 0.303 e. The number of carboxylic acid groups (broad SMARTS) is 1. The number of H-pyrrole nitrogens is 1. The van der Waals surface area contributed by atoms with E-state index in [4.69, 9.17) is 5.11 Å². The first-order valence-electron chi connectivity index (χ1n) is 7.98. The van der Waals surface area contributed by atoms with Crippen LogP contribution in [0.15, 0.2) is 43.0 Å². The van der Waals surface area contributed by atoms with E-state index in [-0.39, 0.29) is 18.7 Å². The fourth-order valence-electron chi connectivity index (χ4n) is 2.49. The van der Waals surface area contributed by atoms with Crippen LogP contribution in [-0.2, 0) is 16.0 Å². The molecule has 0 unspecified atom stereocenters. The zero-order valence-electron chi connectivity index (χ0n) is 13.5. The molecule has 3 N–H and O–H groups in total. The van der Waals surface area contributed by atoms with Gasteiger partial charge in [-0.1, -0.05) is 43.0 Å². The number of amides is 1. The van der Waals surface area contributed by atoms with Crippen LogP contribution in [0.3, 0.4) is 0 Å². The number of aliphatic carboxylic acids is 1. The van der Waals surface area contributed by atoms with Gasteiger partial charge < -0.3 is 15.4 Å². The largest absolute Gasteiger partial charge is 0.481 e. The molecule has 1 amide bonds. The maximum atomic E-state index is 11.6. The molecule has 0 aliphatic heterocycles. The highest BCUT2D eigenvalue weighted by molar-refractivity contribution is 5.76. The Bertz CT molecular complexity index is 705. The summed E-state index contributed by atoms with van der Waals surface area (Å²) < 4.78 is 0. The number of carbonyl (C=O) groups excluding carboxylic acids is 1. The highest BCUT2D eigenvalue weighted by Crippen LogP contribution is 2.24. The van der Waals surface area contributed by atoms with Gasteiger partial charge in [-0.25, -0.2) is 0 Å².